The molecule has 0 spiro atoms. The van der Waals surface area contributed by atoms with Crippen LogP contribution in [-0.2, 0) is 21.2 Å². The maximum absolute atomic E-state index is 12.6. The Labute approximate surface area is 132 Å². The number of rotatable bonds is 4. The zero-order valence-electron chi connectivity index (χ0n) is 13.4. The molecule has 2 rings (SSSR count). The summed E-state index contributed by atoms with van der Waals surface area (Å²) >= 11 is 0. The van der Waals surface area contributed by atoms with Crippen LogP contribution in [0, 0.1) is 13.8 Å². The van der Waals surface area contributed by atoms with Gasteiger partial charge in [-0.2, -0.15) is 0 Å². The third kappa shape index (κ3) is 3.33. The summed E-state index contributed by atoms with van der Waals surface area (Å²) in [5.41, 5.74) is 3.27. The fraction of sp³-hybridized carbons (Fsp3) is 0.562. The molecule has 0 radical (unpaired) electrons. The number of hydrogen-bond acceptors (Lipinski definition) is 4. The number of carbonyl (C=O) groups excluding carboxylic acids is 1. The lowest BCUT2D eigenvalue weighted by Gasteiger charge is -2.34. The van der Waals surface area contributed by atoms with Gasteiger partial charge in [-0.15, -0.1) is 0 Å². The third-order valence-electron chi connectivity index (χ3n) is 4.47. The number of carbonyl (C=O) groups is 1. The van der Waals surface area contributed by atoms with Crippen molar-refractivity contribution in [1.29, 1.82) is 0 Å². The second-order valence-corrected chi connectivity index (χ2v) is 8.45. The molecule has 1 fully saturated rings. The maximum Gasteiger partial charge on any atom is 0.241 e. The predicted molar refractivity (Wildman–Crippen MR) is 87.4 cm³/mol. The molecule has 1 amide bonds. The van der Waals surface area contributed by atoms with E-state index >= 15 is 0 Å². The number of nitrogens with one attached hydrogen (secondary N) is 2. The molecular weight excluding hydrogens is 300 g/mol. The van der Waals surface area contributed by atoms with Gasteiger partial charge in [0.2, 0.25) is 5.91 Å². The minimum atomic E-state index is -3.46. The Morgan fingerprint density at radius 2 is 1.91 bits per heavy atom. The number of amides is 1. The Hall–Kier alpha value is -1.40. The van der Waals surface area contributed by atoms with E-state index in [0.29, 0.717) is 32.5 Å². The number of hydrogen-bond donors (Lipinski definition) is 2. The largest absolute Gasteiger partial charge is 0.351 e. The molecule has 1 heterocycles. The normalized spacial score (nSPS) is 18.0. The van der Waals surface area contributed by atoms with Gasteiger partial charge in [0.05, 0.1) is 0 Å². The summed E-state index contributed by atoms with van der Waals surface area (Å²) in [5.74, 6) is -0.378. The number of aryl methyl sites for hydroxylation is 2. The molecule has 122 valence electrons. The third-order valence-corrected chi connectivity index (χ3v) is 6.49. The van der Waals surface area contributed by atoms with E-state index in [-0.39, 0.29) is 5.91 Å². The van der Waals surface area contributed by atoms with E-state index in [2.05, 4.69) is 16.7 Å². The maximum atomic E-state index is 12.6. The molecule has 0 saturated carbocycles. The zero-order chi connectivity index (χ0) is 16.4. The molecule has 1 saturated heterocycles. The van der Waals surface area contributed by atoms with Gasteiger partial charge in [-0.1, -0.05) is 23.8 Å². The van der Waals surface area contributed by atoms with Gasteiger partial charge in [-0.05, 0) is 50.9 Å². The summed E-state index contributed by atoms with van der Waals surface area (Å²) in [5, 5.41) is 5.94. The van der Waals surface area contributed by atoms with Gasteiger partial charge < -0.3 is 10.6 Å². The van der Waals surface area contributed by atoms with E-state index in [1.165, 1.54) is 5.56 Å². The highest BCUT2D eigenvalue weighted by Crippen LogP contribution is 2.28. The first kappa shape index (κ1) is 17.0. The van der Waals surface area contributed by atoms with Crippen LogP contribution >= 0.6 is 0 Å². The molecule has 0 unspecified atom stereocenters. The van der Waals surface area contributed by atoms with Crippen LogP contribution in [0.5, 0.6) is 0 Å². The lowest BCUT2D eigenvalue weighted by Crippen LogP contribution is -2.57. The fourth-order valence-electron chi connectivity index (χ4n) is 2.98. The highest BCUT2D eigenvalue weighted by atomic mass is 32.2. The molecule has 0 bridgehead atoms. The molecule has 1 aliphatic rings. The van der Waals surface area contributed by atoms with Crippen molar-refractivity contribution >= 4 is 15.7 Å². The molecule has 22 heavy (non-hydrogen) atoms. The van der Waals surface area contributed by atoms with Gasteiger partial charge in [0.25, 0.3) is 0 Å². The number of piperidine rings is 1. The van der Waals surface area contributed by atoms with Crippen LogP contribution in [0.2, 0.25) is 0 Å². The Morgan fingerprint density at radius 3 is 2.45 bits per heavy atom. The van der Waals surface area contributed by atoms with Crippen molar-refractivity contribution in [3.05, 3.63) is 34.9 Å². The average molecular weight is 324 g/mol. The SMILES string of the molecule is Cc1ccc(CNC(=O)C2(S(C)(=O)=O)CCNCC2)c(C)c1. The second-order valence-electron chi connectivity index (χ2n) is 6.13. The zero-order valence-corrected chi connectivity index (χ0v) is 14.2. The summed E-state index contributed by atoms with van der Waals surface area (Å²) in [4.78, 5) is 12.6. The minimum absolute atomic E-state index is 0.324. The lowest BCUT2D eigenvalue weighted by atomic mass is 9.95. The van der Waals surface area contributed by atoms with Crippen LogP contribution in [0.3, 0.4) is 0 Å². The van der Waals surface area contributed by atoms with Crippen LogP contribution in [0.4, 0.5) is 0 Å². The molecule has 1 aliphatic heterocycles. The van der Waals surface area contributed by atoms with E-state index in [1.807, 2.05) is 26.0 Å². The van der Waals surface area contributed by atoms with E-state index in [1.54, 1.807) is 0 Å². The van der Waals surface area contributed by atoms with Crippen molar-refractivity contribution in [3.8, 4) is 0 Å². The smallest absolute Gasteiger partial charge is 0.241 e. The fourth-order valence-corrected chi connectivity index (χ4v) is 4.33. The summed E-state index contributed by atoms with van der Waals surface area (Å²) in [7, 11) is -3.46. The highest BCUT2D eigenvalue weighted by molar-refractivity contribution is 7.92. The summed E-state index contributed by atoms with van der Waals surface area (Å²) < 4.78 is 23.1. The van der Waals surface area contributed by atoms with Crippen molar-refractivity contribution in [2.75, 3.05) is 19.3 Å². The molecular formula is C16H24N2O3S. The van der Waals surface area contributed by atoms with E-state index in [0.717, 1.165) is 17.4 Å². The first-order valence-corrected chi connectivity index (χ1v) is 9.40. The van der Waals surface area contributed by atoms with Crippen molar-refractivity contribution in [2.45, 2.75) is 38.0 Å². The summed E-state index contributed by atoms with van der Waals surface area (Å²) in [6.45, 7) is 5.46. The first-order valence-electron chi connectivity index (χ1n) is 7.51. The van der Waals surface area contributed by atoms with E-state index in [9.17, 15) is 13.2 Å². The molecule has 2 N–H and O–H groups in total. The Bertz CT molecular complexity index is 662. The number of sulfone groups is 1. The topological polar surface area (TPSA) is 75.3 Å². The minimum Gasteiger partial charge on any atom is -0.351 e. The summed E-state index contributed by atoms with van der Waals surface area (Å²) in [6, 6.07) is 6.02. The molecule has 5 nitrogen and oxygen atoms in total. The van der Waals surface area contributed by atoms with Crippen molar-refractivity contribution in [3.63, 3.8) is 0 Å². The van der Waals surface area contributed by atoms with Crippen LogP contribution in [0.15, 0.2) is 18.2 Å². The van der Waals surface area contributed by atoms with Gasteiger partial charge in [0.1, 0.15) is 0 Å². The molecule has 6 heteroatoms. The highest BCUT2D eigenvalue weighted by Gasteiger charge is 2.48. The molecule has 1 aromatic carbocycles. The van der Waals surface area contributed by atoms with Crippen molar-refractivity contribution in [2.24, 2.45) is 0 Å². The molecule has 0 aliphatic carbocycles. The van der Waals surface area contributed by atoms with E-state index in [4.69, 9.17) is 0 Å². The van der Waals surface area contributed by atoms with Crippen LogP contribution in [0.25, 0.3) is 0 Å². The average Bonchev–Trinajstić information content (AvgIpc) is 2.45. The monoisotopic (exact) mass is 324 g/mol. The van der Waals surface area contributed by atoms with Gasteiger partial charge >= 0.3 is 0 Å². The Kier molecular flexibility index (Phi) is 4.92. The lowest BCUT2D eigenvalue weighted by molar-refractivity contribution is -0.124. The Morgan fingerprint density at radius 1 is 1.27 bits per heavy atom. The van der Waals surface area contributed by atoms with E-state index < -0.39 is 14.6 Å². The van der Waals surface area contributed by atoms with Gasteiger partial charge in [-0.3, -0.25) is 4.79 Å². The van der Waals surface area contributed by atoms with Crippen molar-refractivity contribution in [1.82, 2.24) is 10.6 Å². The summed E-state index contributed by atoms with van der Waals surface area (Å²) in [6.07, 6.45) is 1.81. The predicted octanol–water partition coefficient (Wildman–Crippen LogP) is 1.09. The standard InChI is InChI=1S/C16H24N2O3S/c1-12-4-5-14(13(2)10-12)11-18-15(19)16(22(3,20)21)6-8-17-9-7-16/h4-5,10,17H,6-9,11H2,1-3H3,(H,18,19). The van der Waals surface area contributed by atoms with Gasteiger partial charge in [0.15, 0.2) is 14.6 Å². The van der Waals surface area contributed by atoms with Gasteiger partial charge in [0, 0.05) is 12.8 Å². The number of benzene rings is 1. The molecule has 1 aromatic rings. The Balaban J connectivity index is 2.15. The van der Waals surface area contributed by atoms with Crippen LogP contribution in [0.1, 0.15) is 29.5 Å². The van der Waals surface area contributed by atoms with Crippen LogP contribution in [-0.4, -0.2) is 38.4 Å². The quantitative estimate of drug-likeness (QED) is 0.869. The first-order chi connectivity index (χ1) is 10.3. The molecule has 0 atom stereocenters. The molecule has 0 aromatic heterocycles. The van der Waals surface area contributed by atoms with Crippen molar-refractivity contribution < 1.29 is 13.2 Å². The second kappa shape index (κ2) is 6.38. The van der Waals surface area contributed by atoms with Crippen LogP contribution < -0.4 is 10.6 Å². The van der Waals surface area contributed by atoms with Gasteiger partial charge in [-0.25, -0.2) is 8.42 Å².